The predicted octanol–water partition coefficient (Wildman–Crippen LogP) is 2.78. The molecule has 0 radical (unpaired) electrons. The van der Waals surface area contributed by atoms with Gasteiger partial charge in [0, 0.05) is 6.54 Å². The topological polar surface area (TPSA) is 39.7 Å². The first kappa shape index (κ1) is 15.6. The zero-order valence-corrected chi connectivity index (χ0v) is 12.8. The SMILES string of the molecule is CCC(C)(CNC)Oc1c(OC)cc(C)cc1OC. The molecule has 1 aromatic carbocycles. The number of aryl methyl sites for hydroxylation is 1. The van der Waals surface area contributed by atoms with Crippen LogP contribution in [0.4, 0.5) is 0 Å². The second-order valence-electron chi connectivity index (χ2n) is 4.93. The Morgan fingerprint density at radius 2 is 1.68 bits per heavy atom. The van der Waals surface area contributed by atoms with Crippen LogP contribution in [0, 0.1) is 6.92 Å². The Labute approximate surface area is 116 Å². The number of ether oxygens (including phenoxy) is 3. The molecule has 1 N–H and O–H groups in total. The fourth-order valence-corrected chi connectivity index (χ4v) is 1.97. The van der Waals surface area contributed by atoms with E-state index in [1.165, 1.54) is 0 Å². The van der Waals surface area contributed by atoms with Gasteiger partial charge < -0.3 is 19.5 Å². The number of rotatable bonds is 7. The van der Waals surface area contributed by atoms with Gasteiger partial charge in [-0.05, 0) is 45.0 Å². The summed E-state index contributed by atoms with van der Waals surface area (Å²) in [5.41, 5.74) is 0.776. The minimum absolute atomic E-state index is 0.301. The van der Waals surface area contributed by atoms with E-state index in [0.717, 1.165) is 18.5 Å². The Bertz CT molecular complexity index is 395. The van der Waals surface area contributed by atoms with Crippen molar-refractivity contribution in [3.63, 3.8) is 0 Å². The van der Waals surface area contributed by atoms with Gasteiger partial charge in [-0.15, -0.1) is 0 Å². The molecule has 1 aromatic rings. The highest BCUT2D eigenvalue weighted by Crippen LogP contribution is 2.40. The van der Waals surface area contributed by atoms with E-state index in [1.54, 1.807) is 14.2 Å². The van der Waals surface area contributed by atoms with Crippen LogP contribution in [-0.2, 0) is 0 Å². The third kappa shape index (κ3) is 3.77. The molecule has 19 heavy (non-hydrogen) atoms. The molecule has 0 bridgehead atoms. The van der Waals surface area contributed by atoms with Crippen LogP contribution in [0.2, 0.25) is 0 Å². The Hall–Kier alpha value is -1.42. The van der Waals surface area contributed by atoms with Gasteiger partial charge in [0.25, 0.3) is 0 Å². The first-order chi connectivity index (χ1) is 8.99. The first-order valence-corrected chi connectivity index (χ1v) is 6.56. The third-order valence-corrected chi connectivity index (χ3v) is 3.25. The van der Waals surface area contributed by atoms with Crippen LogP contribution in [0.3, 0.4) is 0 Å². The smallest absolute Gasteiger partial charge is 0.204 e. The van der Waals surface area contributed by atoms with Gasteiger partial charge in [0.2, 0.25) is 5.75 Å². The van der Waals surface area contributed by atoms with Crippen molar-refractivity contribution in [1.82, 2.24) is 5.32 Å². The molecular weight excluding hydrogens is 242 g/mol. The third-order valence-electron chi connectivity index (χ3n) is 3.25. The van der Waals surface area contributed by atoms with Crippen LogP contribution in [-0.4, -0.2) is 33.4 Å². The zero-order chi connectivity index (χ0) is 14.5. The van der Waals surface area contributed by atoms with Gasteiger partial charge in [-0.25, -0.2) is 0 Å². The molecule has 0 fully saturated rings. The van der Waals surface area contributed by atoms with Crippen LogP contribution in [0.25, 0.3) is 0 Å². The van der Waals surface area contributed by atoms with Crippen LogP contribution < -0.4 is 19.5 Å². The summed E-state index contributed by atoms with van der Waals surface area (Å²) in [7, 11) is 5.20. The number of hydrogen-bond donors (Lipinski definition) is 1. The fraction of sp³-hybridized carbons (Fsp3) is 0.600. The maximum absolute atomic E-state index is 6.18. The average molecular weight is 267 g/mol. The first-order valence-electron chi connectivity index (χ1n) is 6.56. The van der Waals surface area contributed by atoms with Gasteiger partial charge in [0.05, 0.1) is 14.2 Å². The molecule has 0 saturated carbocycles. The van der Waals surface area contributed by atoms with E-state index in [1.807, 2.05) is 26.1 Å². The number of likely N-dealkylation sites (N-methyl/N-ethyl adjacent to an activating group) is 1. The quantitative estimate of drug-likeness (QED) is 0.824. The van der Waals surface area contributed by atoms with E-state index in [9.17, 15) is 0 Å². The van der Waals surface area contributed by atoms with Crippen molar-refractivity contribution in [3.8, 4) is 17.2 Å². The summed E-state index contributed by atoms with van der Waals surface area (Å²) in [6.45, 7) is 6.93. The maximum Gasteiger partial charge on any atom is 0.204 e. The maximum atomic E-state index is 6.18. The lowest BCUT2D eigenvalue weighted by Gasteiger charge is -2.31. The van der Waals surface area contributed by atoms with Crippen LogP contribution in [0.5, 0.6) is 17.2 Å². The molecule has 0 amide bonds. The van der Waals surface area contributed by atoms with Gasteiger partial charge >= 0.3 is 0 Å². The molecule has 0 saturated heterocycles. The lowest BCUT2D eigenvalue weighted by atomic mass is 10.0. The Kier molecular flexibility index (Phi) is 5.48. The normalized spacial score (nSPS) is 13.8. The molecule has 0 aliphatic carbocycles. The van der Waals surface area contributed by atoms with E-state index in [4.69, 9.17) is 14.2 Å². The van der Waals surface area contributed by atoms with Gasteiger partial charge in [0.15, 0.2) is 11.5 Å². The second-order valence-corrected chi connectivity index (χ2v) is 4.93. The van der Waals surface area contributed by atoms with E-state index >= 15 is 0 Å². The Morgan fingerprint density at radius 3 is 2.05 bits per heavy atom. The number of hydrogen-bond acceptors (Lipinski definition) is 4. The van der Waals surface area contributed by atoms with Crippen molar-refractivity contribution >= 4 is 0 Å². The van der Waals surface area contributed by atoms with Gasteiger partial charge in [-0.2, -0.15) is 0 Å². The summed E-state index contributed by atoms with van der Waals surface area (Å²) >= 11 is 0. The fourth-order valence-electron chi connectivity index (χ4n) is 1.97. The van der Waals surface area contributed by atoms with Crippen molar-refractivity contribution in [1.29, 1.82) is 0 Å². The van der Waals surface area contributed by atoms with E-state index in [0.29, 0.717) is 17.2 Å². The van der Waals surface area contributed by atoms with E-state index in [2.05, 4.69) is 19.2 Å². The van der Waals surface area contributed by atoms with Crippen LogP contribution in [0.15, 0.2) is 12.1 Å². The van der Waals surface area contributed by atoms with Gasteiger partial charge in [-0.3, -0.25) is 0 Å². The molecule has 0 aliphatic rings. The molecule has 4 nitrogen and oxygen atoms in total. The van der Waals surface area contributed by atoms with E-state index in [-0.39, 0.29) is 5.60 Å². The molecule has 4 heteroatoms. The summed E-state index contributed by atoms with van der Waals surface area (Å²) in [4.78, 5) is 0. The van der Waals surface area contributed by atoms with Crippen molar-refractivity contribution in [2.45, 2.75) is 32.8 Å². The summed E-state index contributed by atoms with van der Waals surface area (Å²) in [5.74, 6) is 2.07. The highest BCUT2D eigenvalue weighted by atomic mass is 16.5. The Morgan fingerprint density at radius 1 is 1.16 bits per heavy atom. The molecule has 1 unspecified atom stereocenters. The largest absolute Gasteiger partial charge is 0.493 e. The summed E-state index contributed by atoms with van der Waals surface area (Å²) in [5, 5.41) is 3.16. The van der Waals surface area contributed by atoms with Crippen LogP contribution in [0.1, 0.15) is 25.8 Å². The standard InChI is InChI=1S/C15H25NO3/c1-7-15(3,10-16-4)19-14-12(17-5)8-11(2)9-13(14)18-6/h8-9,16H,7,10H2,1-6H3. The molecule has 0 aliphatic heterocycles. The molecule has 1 atom stereocenters. The van der Waals surface area contributed by atoms with Gasteiger partial charge in [-0.1, -0.05) is 6.92 Å². The highest BCUT2D eigenvalue weighted by molar-refractivity contribution is 5.53. The van der Waals surface area contributed by atoms with Crippen molar-refractivity contribution in [2.75, 3.05) is 27.8 Å². The molecule has 0 heterocycles. The summed E-state index contributed by atoms with van der Waals surface area (Å²) in [6.07, 6.45) is 0.883. The minimum Gasteiger partial charge on any atom is -0.493 e. The van der Waals surface area contributed by atoms with Crippen LogP contribution >= 0.6 is 0 Å². The highest BCUT2D eigenvalue weighted by Gasteiger charge is 2.27. The van der Waals surface area contributed by atoms with Gasteiger partial charge in [0.1, 0.15) is 5.60 Å². The molecule has 1 rings (SSSR count). The lowest BCUT2D eigenvalue weighted by Crippen LogP contribution is -2.41. The second kappa shape index (κ2) is 6.66. The average Bonchev–Trinajstić information content (AvgIpc) is 2.40. The number of nitrogens with one attached hydrogen (secondary N) is 1. The molecule has 0 spiro atoms. The van der Waals surface area contributed by atoms with Crippen molar-refractivity contribution in [2.24, 2.45) is 0 Å². The van der Waals surface area contributed by atoms with E-state index < -0.39 is 0 Å². The Balaban J connectivity index is 3.17. The zero-order valence-electron chi connectivity index (χ0n) is 12.8. The van der Waals surface area contributed by atoms with Crippen molar-refractivity contribution in [3.05, 3.63) is 17.7 Å². The number of methoxy groups -OCH3 is 2. The summed E-state index contributed by atoms with van der Waals surface area (Å²) in [6, 6.07) is 3.90. The molecule has 108 valence electrons. The monoisotopic (exact) mass is 267 g/mol. The minimum atomic E-state index is -0.301. The summed E-state index contributed by atoms with van der Waals surface area (Å²) < 4.78 is 17.0. The van der Waals surface area contributed by atoms with Crippen molar-refractivity contribution < 1.29 is 14.2 Å². The lowest BCUT2D eigenvalue weighted by molar-refractivity contribution is 0.0782. The molecule has 0 aromatic heterocycles. The molecular formula is C15H25NO3. The number of benzene rings is 1. The predicted molar refractivity (Wildman–Crippen MR) is 77.5 cm³/mol.